The SMILES string of the molecule is O=C(NCCNC(=O)C1CCN(c2ncccn2)CC1)c1ccc(Cl)c(Cl)c1. The number of halogens is 2. The van der Waals surface area contributed by atoms with Gasteiger partial charge in [-0.15, -0.1) is 0 Å². The van der Waals surface area contributed by atoms with Crippen LogP contribution in [0.25, 0.3) is 0 Å². The van der Waals surface area contributed by atoms with E-state index in [-0.39, 0.29) is 17.7 Å². The van der Waals surface area contributed by atoms with Crippen LogP contribution in [0.3, 0.4) is 0 Å². The second kappa shape index (κ2) is 9.71. The van der Waals surface area contributed by atoms with E-state index < -0.39 is 0 Å². The summed E-state index contributed by atoms with van der Waals surface area (Å²) in [5, 5.41) is 6.36. The number of amides is 2. The predicted octanol–water partition coefficient (Wildman–Crippen LogP) is 2.55. The molecule has 7 nitrogen and oxygen atoms in total. The summed E-state index contributed by atoms with van der Waals surface area (Å²) < 4.78 is 0. The lowest BCUT2D eigenvalue weighted by molar-refractivity contribution is -0.125. The summed E-state index contributed by atoms with van der Waals surface area (Å²) >= 11 is 11.8. The van der Waals surface area contributed by atoms with Crippen molar-refractivity contribution in [1.29, 1.82) is 0 Å². The van der Waals surface area contributed by atoms with Crippen molar-refractivity contribution in [3.05, 3.63) is 52.3 Å². The van der Waals surface area contributed by atoms with Gasteiger partial charge in [-0.2, -0.15) is 0 Å². The standard InChI is InChI=1S/C19H21Cl2N5O2/c20-15-3-2-14(12-16(15)21)18(28)23-9-8-22-17(27)13-4-10-26(11-5-13)19-24-6-1-7-25-19/h1-3,6-7,12-13H,4-5,8-11H2,(H,22,27)(H,23,28). The van der Waals surface area contributed by atoms with Crippen LogP contribution in [0.1, 0.15) is 23.2 Å². The Balaban J connectivity index is 1.37. The third-order valence-electron chi connectivity index (χ3n) is 4.59. The molecule has 0 aliphatic carbocycles. The Hall–Kier alpha value is -2.38. The second-order valence-corrected chi connectivity index (χ2v) is 7.30. The average molecular weight is 422 g/mol. The van der Waals surface area contributed by atoms with Gasteiger partial charge in [-0.25, -0.2) is 9.97 Å². The zero-order valence-corrected chi connectivity index (χ0v) is 16.7. The summed E-state index contributed by atoms with van der Waals surface area (Å²) in [6, 6.07) is 6.48. The van der Waals surface area contributed by atoms with Crippen LogP contribution < -0.4 is 15.5 Å². The van der Waals surface area contributed by atoms with Gasteiger partial charge in [0.2, 0.25) is 11.9 Å². The van der Waals surface area contributed by atoms with Gasteiger partial charge in [0.15, 0.2) is 0 Å². The van der Waals surface area contributed by atoms with E-state index in [1.54, 1.807) is 30.6 Å². The van der Waals surface area contributed by atoms with Crippen molar-refractivity contribution >= 4 is 41.0 Å². The predicted molar refractivity (Wildman–Crippen MR) is 109 cm³/mol. The van der Waals surface area contributed by atoms with Gasteiger partial charge in [0.25, 0.3) is 5.91 Å². The molecular formula is C19H21Cl2N5O2. The highest BCUT2D eigenvalue weighted by Gasteiger charge is 2.25. The minimum atomic E-state index is -0.260. The van der Waals surface area contributed by atoms with E-state index in [4.69, 9.17) is 23.2 Å². The third kappa shape index (κ3) is 5.33. The number of nitrogens with zero attached hydrogens (tertiary/aromatic N) is 3. The maximum atomic E-state index is 12.3. The van der Waals surface area contributed by atoms with E-state index in [2.05, 4.69) is 25.5 Å². The molecule has 0 bridgehead atoms. The largest absolute Gasteiger partial charge is 0.354 e. The van der Waals surface area contributed by atoms with Crippen molar-refractivity contribution in [2.45, 2.75) is 12.8 Å². The summed E-state index contributed by atoms with van der Waals surface area (Å²) in [6.45, 7) is 2.20. The van der Waals surface area contributed by atoms with Crippen LogP contribution in [-0.2, 0) is 4.79 Å². The number of benzene rings is 1. The van der Waals surface area contributed by atoms with E-state index in [0.29, 0.717) is 34.6 Å². The number of rotatable bonds is 6. The molecule has 1 saturated heterocycles. The van der Waals surface area contributed by atoms with Crippen molar-refractivity contribution in [3.63, 3.8) is 0 Å². The van der Waals surface area contributed by atoms with E-state index in [1.165, 1.54) is 6.07 Å². The molecule has 1 aliphatic heterocycles. The number of anilines is 1. The molecule has 1 aromatic carbocycles. The summed E-state index contributed by atoms with van der Waals surface area (Å²) in [4.78, 5) is 35.0. The first kappa shape index (κ1) is 20.4. The van der Waals surface area contributed by atoms with Crippen molar-refractivity contribution in [1.82, 2.24) is 20.6 Å². The molecule has 0 radical (unpaired) electrons. The first-order valence-electron chi connectivity index (χ1n) is 9.07. The molecule has 28 heavy (non-hydrogen) atoms. The molecule has 1 aliphatic rings. The van der Waals surface area contributed by atoms with Gasteiger partial charge in [-0.3, -0.25) is 9.59 Å². The zero-order chi connectivity index (χ0) is 19.9. The van der Waals surface area contributed by atoms with Crippen LogP contribution in [0.15, 0.2) is 36.7 Å². The van der Waals surface area contributed by atoms with E-state index in [0.717, 1.165) is 25.9 Å². The van der Waals surface area contributed by atoms with Gasteiger partial charge in [0, 0.05) is 50.1 Å². The fourth-order valence-electron chi connectivity index (χ4n) is 3.04. The molecule has 2 amide bonds. The number of aromatic nitrogens is 2. The fraction of sp³-hybridized carbons (Fsp3) is 0.368. The quantitative estimate of drug-likeness (QED) is 0.699. The lowest BCUT2D eigenvalue weighted by Gasteiger charge is -2.31. The first-order valence-corrected chi connectivity index (χ1v) is 9.83. The molecule has 0 unspecified atom stereocenters. The van der Waals surface area contributed by atoms with Gasteiger partial charge in [0.1, 0.15) is 0 Å². The molecule has 1 fully saturated rings. The molecule has 0 saturated carbocycles. The molecular weight excluding hydrogens is 401 g/mol. The lowest BCUT2D eigenvalue weighted by Crippen LogP contribution is -2.43. The molecule has 148 valence electrons. The molecule has 2 N–H and O–H groups in total. The minimum Gasteiger partial charge on any atom is -0.354 e. The number of nitrogens with one attached hydrogen (secondary N) is 2. The van der Waals surface area contributed by atoms with Crippen molar-refractivity contribution < 1.29 is 9.59 Å². The van der Waals surface area contributed by atoms with E-state index in [9.17, 15) is 9.59 Å². The lowest BCUT2D eigenvalue weighted by atomic mass is 9.96. The normalized spacial score (nSPS) is 14.6. The third-order valence-corrected chi connectivity index (χ3v) is 5.33. The van der Waals surface area contributed by atoms with E-state index >= 15 is 0 Å². The highest BCUT2D eigenvalue weighted by molar-refractivity contribution is 6.42. The summed E-state index contributed by atoms with van der Waals surface area (Å²) in [5.41, 5.74) is 0.427. The van der Waals surface area contributed by atoms with Crippen LogP contribution in [0.4, 0.5) is 5.95 Å². The van der Waals surface area contributed by atoms with Gasteiger partial charge < -0.3 is 15.5 Å². The topological polar surface area (TPSA) is 87.2 Å². The average Bonchev–Trinajstić information content (AvgIpc) is 2.73. The smallest absolute Gasteiger partial charge is 0.251 e. The van der Waals surface area contributed by atoms with Gasteiger partial charge >= 0.3 is 0 Å². The van der Waals surface area contributed by atoms with Gasteiger partial charge in [0.05, 0.1) is 10.0 Å². The Morgan fingerprint density at radius 2 is 1.71 bits per heavy atom. The van der Waals surface area contributed by atoms with Crippen LogP contribution in [0, 0.1) is 5.92 Å². The number of piperidine rings is 1. The summed E-state index contributed by atoms with van der Waals surface area (Å²) in [7, 11) is 0. The Morgan fingerprint density at radius 1 is 1.04 bits per heavy atom. The maximum absolute atomic E-state index is 12.3. The van der Waals surface area contributed by atoms with Crippen LogP contribution in [-0.4, -0.2) is 48.0 Å². The van der Waals surface area contributed by atoms with Crippen molar-refractivity contribution in [2.24, 2.45) is 5.92 Å². The van der Waals surface area contributed by atoms with Crippen LogP contribution in [0.5, 0.6) is 0 Å². The van der Waals surface area contributed by atoms with Crippen LogP contribution >= 0.6 is 23.2 Å². The summed E-state index contributed by atoms with van der Waals surface area (Å²) in [6.07, 6.45) is 4.93. The Kier molecular flexibility index (Phi) is 7.06. The van der Waals surface area contributed by atoms with Crippen LogP contribution in [0.2, 0.25) is 10.0 Å². The molecule has 9 heteroatoms. The highest BCUT2D eigenvalue weighted by atomic mass is 35.5. The monoisotopic (exact) mass is 421 g/mol. The number of carbonyl (C=O) groups is 2. The molecule has 2 aromatic rings. The first-order chi connectivity index (χ1) is 13.5. The minimum absolute atomic E-state index is 0.0115. The summed E-state index contributed by atoms with van der Waals surface area (Å²) in [5.74, 6) is 0.415. The number of hydrogen-bond acceptors (Lipinski definition) is 5. The zero-order valence-electron chi connectivity index (χ0n) is 15.2. The Bertz CT molecular complexity index is 826. The van der Waals surface area contributed by atoms with Crippen molar-refractivity contribution in [2.75, 3.05) is 31.1 Å². The molecule has 0 spiro atoms. The van der Waals surface area contributed by atoms with Gasteiger partial charge in [-0.05, 0) is 37.1 Å². The fourth-order valence-corrected chi connectivity index (χ4v) is 3.34. The van der Waals surface area contributed by atoms with E-state index in [1.807, 2.05) is 0 Å². The molecule has 2 heterocycles. The highest BCUT2D eigenvalue weighted by Crippen LogP contribution is 2.22. The molecule has 0 atom stereocenters. The second-order valence-electron chi connectivity index (χ2n) is 6.49. The Morgan fingerprint density at radius 3 is 2.39 bits per heavy atom. The van der Waals surface area contributed by atoms with Crippen molar-refractivity contribution in [3.8, 4) is 0 Å². The van der Waals surface area contributed by atoms with Gasteiger partial charge in [-0.1, -0.05) is 23.2 Å². The Labute approximate surface area is 173 Å². The maximum Gasteiger partial charge on any atom is 0.251 e. The number of hydrogen-bond donors (Lipinski definition) is 2. The molecule has 3 rings (SSSR count). The molecule has 1 aromatic heterocycles. The number of carbonyl (C=O) groups excluding carboxylic acids is 2.